The van der Waals surface area contributed by atoms with E-state index in [0.29, 0.717) is 30.2 Å². The van der Waals surface area contributed by atoms with Gasteiger partial charge in [-0.2, -0.15) is 5.10 Å². The van der Waals surface area contributed by atoms with E-state index in [1.54, 1.807) is 24.1 Å². The van der Waals surface area contributed by atoms with Crippen molar-refractivity contribution in [2.24, 2.45) is 0 Å². The quantitative estimate of drug-likeness (QED) is 0.420. The van der Waals surface area contributed by atoms with Crippen LogP contribution in [-0.4, -0.2) is 55.6 Å². The van der Waals surface area contributed by atoms with Crippen LogP contribution in [0.2, 0.25) is 0 Å². The molecule has 1 aromatic heterocycles. The van der Waals surface area contributed by atoms with Gasteiger partial charge >= 0.3 is 5.97 Å². The zero-order valence-corrected chi connectivity index (χ0v) is 17.8. The molecule has 3 rings (SSSR count). The molecule has 0 unspecified atom stereocenters. The van der Waals surface area contributed by atoms with Crippen LogP contribution in [0.5, 0.6) is 5.75 Å². The Morgan fingerprint density at radius 3 is 2.58 bits per heavy atom. The van der Waals surface area contributed by atoms with Crippen molar-refractivity contribution in [2.45, 2.75) is 6.92 Å². The molecule has 8 heteroatoms. The van der Waals surface area contributed by atoms with Crippen molar-refractivity contribution in [3.63, 3.8) is 0 Å². The molecule has 1 heterocycles. The molecule has 2 aromatic carbocycles. The average Bonchev–Trinajstić information content (AvgIpc) is 3.24. The molecule has 0 saturated heterocycles. The highest BCUT2D eigenvalue weighted by molar-refractivity contribution is 5.97. The fourth-order valence-electron chi connectivity index (χ4n) is 2.89. The van der Waals surface area contributed by atoms with E-state index in [0.717, 1.165) is 11.3 Å². The van der Waals surface area contributed by atoms with Crippen molar-refractivity contribution in [2.75, 3.05) is 34.0 Å². The summed E-state index contributed by atoms with van der Waals surface area (Å²) in [6, 6.07) is 15.0. The number of nitrogens with zero attached hydrogens (tertiary/aromatic N) is 2. The van der Waals surface area contributed by atoms with Gasteiger partial charge in [-0.3, -0.25) is 4.79 Å². The van der Waals surface area contributed by atoms with Crippen LogP contribution >= 0.6 is 0 Å². The molecule has 0 aliphatic carbocycles. The van der Waals surface area contributed by atoms with Crippen LogP contribution in [0.25, 0.3) is 16.9 Å². The fraction of sp³-hybridized carbons (Fsp3) is 0.261. The SMILES string of the molecule is COCCNC(=O)COC(=O)c1cn(-c2ccc(C)cc2)nc1-c1cccc(OC)c1. The van der Waals surface area contributed by atoms with Crippen LogP contribution in [0.15, 0.2) is 54.7 Å². The van der Waals surface area contributed by atoms with Gasteiger partial charge < -0.3 is 19.5 Å². The minimum absolute atomic E-state index is 0.249. The molecule has 0 spiro atoms. The normalized spacial score (nSPS) is 10.5. The van der Waals surface area contributed by atoms with Crippen molar-refractivity contribution in [1.29, 1.82) is 0 Å². The van der Waals surface area contributed by atoms with E-state index in [2.05, 4.69) is 10.4 Å². The summed E-state index contributed by atoms with van der Waals surface area (Å²) in [7, 11) is 3.11. The van der Waals surface area contributed by atoms with Crippen molar-refractivity contribution in [3.8, 4) is 22.7 Å². The Bertz CT molecular complexity index is 1040. The fourth-order valence-corrected chi connectivity index (χ4v) is 2.89. The predicted molar refractivity (Wildman–Crippen MR) is 115 cm³/mol. The van der Waals surface area contributed by atoms with E-state index < -0.39 is 18.5 Å². The highest BCUT2D eigenvalue weighted by Crippen LogP contribution is 2.27. The van der Waals surface area contributed by atoms with Crippen molar-refractivity contribution in [3.05, 3.63) is 65.9 Å². The van der Waals surface area contributed by atoms with Crippen molar-refractivity contribution in [1.82, 2.24) is 15.1 Å². The van der Waals surface area contributed by atoms with Gasteiger partial charge in [-0.1, -0.05) is 29.8 Å². The molecule has 3 aromatic rings. The maximum atomic E-state index is 12.8. The Morgan fingerprint density at radius 2 is 1.87 bits per heavy atom. The topological polar surface area (TPSA) is 91.7 Å². The first kappa shape index (κ1) is 22.0. The van der Waals surface area contributed by atoms with Crippen LogP contribution in [0, 0.1) is 6.92 Å². The van der Waals surface area contributed by atoms with E-state index in [1.807, 2.05) is 49.4 Å². The monoisotopic (exact) mass is 423 g/mol. The summed E-state index contributed by atoms with van der Waals surface area (Å²) in [6.07, 6.45) is 1.60. The number of benzene rings is 2. The van der Waals surface area contributed by atoms with E-state index in [9.17, 15) is 9.59 Å². The third kappa shape index (κ3) is 5.70. The first-order valence-corrected chi connectivity index (χ1v) is 9.75. The molecule has 31 heavy (non-hydrogen) atoms. The van der Waals surface area contributed by atoms with Gasteiger partial charge in [0, 0.05) is 25.4 Å². The molecule has 0 bridgehead atoms. The van der Waals surface area contributed by atoms with Gasteiger partial charge in [-0.05, 0) is 31.2 Å². The van der Waals surface area contributed by atoms with Gasteiger partial charge in [0.1, 0.15) is 17.0 Å². The first-order valence-electron chi connectivity index (χ1n) is 9.75. The van der Waals surface area contributed by atoms with E-state index in [-0.39, 0.29) is 5.56 Å². The van der Waals surface area contributed by atoms with Crippen molar-refractivity contribution >= 4 is 11.9 Å². The summed E-state index contributed by atoms with van der Waals surface area (Å²) in [5.74, 6) is -0.406. The molecule has 0 saturated carbocycles. The summed E-state index contributed by atoms with van der Waals surface area (Å²) < 4.78 is 17.0. The number of aromatic nitrogens is 2. The number of aryl methyl sites for hydroxylation is 1. The summed E-state index contributed by atoms with van der Waals surface area (Å²) >= 11 is 0. The van der Waals surface area contributed by atoms with Crippen LogP contribution < -0.4 is 10.1 Å². The number of hydrogen-bond acceptors (Lipinski definition) is 6. The first-order chi connectivity index (χ1) is 15.0. The minimum Gasteiger partial charge on any atom is -0.497 e. The molecule has 8 nitrogen and oxygen atoms in total. The Balaban J connectivity index is 1.88. The second kappa shape index (κ2) is 10.4. The van der Waals surface area contributed by atoms with Gasteiger partial charge in [0.15, 0.2) is 6.61 Å². The minimum atomic E-state index is -0.641. The third-order valence-electron chi connectivity index (χ3n) is 4.54. The molecule has 1 N–H and O–H groups in total. The molecule has 0 aliphatic rings. The second-order valence-electron chi connectivity index (χ2n) is 6.82. The molecular formula is C23H25N3O5. The summed E-state index contributed by atoms with van der Waals surface area (Å²) in [5.41, 5.74) is 3.29. The van der Waals surface area contributed by atoms with Crippen LogP contribution in [-0.2, 0) is 14.3 Å². The number of amides is 1. The Kier molecular flexibility index (Phi) is 7.40. The number of carbonyl (C=O) groups excluding carboxylic acids is 2. The lowest BCUT2D eigenvalue weighted by atomic mass is 10.1. The summed E-state index contributed by atoms with van der Waals surface area (Å²) in [4.78, 5) is 24.7. The zero-order valence-electron chi connectivity index (χ0n) is 17.8. The molecular weight excluding hydrogens is 398 g/mol. The number of ether oxygens (including phenoxy) is 3. The van der Waals surface area contributed by atoms with Crippen molar-refractivity contribution < 1.29 is 23.8 Å². The van der Waals surface area contributed by atoms with Crippen LogP contribution in [0.3, 0.4) is 0 Å². The molecule has 0 fully saturated rings. The maximum Gasteiger partial charge on any atom is 0.342 e. The van der Waals surface area contributed by atoms with E-state index in [4.69, 9.17) is 14.2 Å². The zero-order chi connectivity index (χ0) is 22.2. The molecule has 0 radical (unpaired) electrons. The van der Waals surface area contributed by atoms with Gasteiger partial charge in [-0.15, -0.1) is 0 Å². The predicted octanol–water partition coefficient (Wildman–Crippen LogP) is 2.78. The lowest BCUT2D eigenvalue weighted by Gasteiger charge is -2.07. The maximum absolute atomic E-state index is 12.8. The Labute approximate surface area is 180 Å². The average molecular weight is 423 g/mol. The molecule has 1 amide bonds. The molecule has 162 valence electrons. The standard InChI is InChI=1S/C23H25N3O5/c1-16-7-9-18(10-8-16)26-14-20(23(28)31-15-21(27)24-11-12-29-2)22(25-26)17-5-4-6-19(13-17)30-3/h4-10,13-14H,11-12,15H2,1-3H3,(H,24,27). The van der Waals surface area contributed by atoms with Gasteiger partial charge in [0.25, 0.3) is 5.91 Å². The van der Waals surface area contributed by atoms with Crippen LogP contribution in [0.1, 0.15) is 15.9 Å². The lowest BCUT2D eigenvalue weighted by molar-refractivity contribution is -0.124. The summed E-state index contributed by atoms with van der Waals surface area (Å²) in [5, 5.41) is 7.22. The van der Waals surface area contributed by atoms with E-state index >= 15 is 0 Å². The van der Waals surface area contributed by atoms with Gasteiger partial charge in [0.2, 0.25) is 0 Å². The lowest BCUT2D eigenvalue weighted by Crippen LogP contribution is -2.31. The highest BCUT2D eigenvalue weighted by Gasteiger charge is 2.21. The van der Waals surface area contributed by atoms with Crippen LogP contribution in [0.4, 0.5) is 0 Å². The van der Waals surface area contributed by atoms with Gasteiger partial charge in [0.05, 0.1) is 19.4 Å². The third-order valence-corrected chi connectivity index (χ3v) is 4.54. The van der Waals surface area contributed by atoms with E-state index in [1.165, 1.54) is 7.11 Å². The Hall–Kier alpha value is -3.65. The molecule has 0 atom stereocenters. The number of nitrogens with one attached hydrogen (secondary N) is 1. The van der Waals surface area contributed by atoms with Gasteiger partial charge in [-0.25, -0.2) is 9.48 Å². The smallest absolute Gasteiger partial charge is 0.342 e. The number of hydrogen-bond donors (Lipinski definition) is 1. The molecule has 0 aliphatic heterocycles. The number of rotatable bonds is 9. The number of methoxy groups -OCH3 is 2. The Morgan fingerprint density at radius 1 is 1.10 bits per heavy atom. The summed E-state index contributed by atoms with van der Waals surface area (Å²) in [6.45, 7) is 2.32. The largest absolute Gasteiger partial charge is 0.497 e. The number of carbonyl (C=O) groups is 2. The number of esters is 1. The second-order valence-corrected chi connectivity index (χ2v) is 6.82. The highest BCUT2D eigenvalue weighted by atomic mass is 16.5.